The fourth-order valence-corrected chi connectivity index (χ4v) is 1.12. The van der Waals surface area contributed by atoms with Crippen LogP contribution < -0.4 is 10.6 Å². The van der Waals surface area contributed by atoms with Crippen molar-refractivity contribution in [2.45, 2.75) is 12.7 Å². The van der Waals surface area contributed by atoms with Gasteiger partial charge in [0, 0.05) is 18.9 Å². The number of halogens is 3. The third-order valence-electron chi connectivity index (χ3n) is 1.97. The summed E-state index contributed by atoms with van der Waals surface area (Å²) in [4.78, 5) is 26.0. The van der Waals surface area contributed by atoms with Crippen LogP contribution >= 0.6 is 0 Å². The third-order valence-corrected chi connectivity index (χ3v) is 1.97. The SMILES string of the molecule is O=C(CNC(=O)OCC(F)(F)F)NCc1cccnc1. The molecule has 0 bridgehead atoms. The highest BCUT2D eigenvalue weighted by molar-refractivity contribution is 5.82. The van der Waals surface area contributed by atoms with Crippen LogP contribution in [0.3, 0.4) is 0 Å². The van der Waals surface area contributed by atoms with Crippen molar-refractivity contribution in [2.75, 3.05) is 13.2 Å². The van der Waals surface area contributed by atoms with Crippen molar-refractivity contribution in [3.8, 4) is 0 Å². The van der Waals surface area contributed by atoms with Crippen molar-refractivity contribution in [1.82, 2.24) is 15.6 Å². The Bertz CT molecular complexity index is 451. The first kappa shape index (κ1) is 15.7. The van der Waals surface area contributed by atoms with Crippen molar-refractivity contribution < 1.29 is 27.5 Å². The molecule has 1 aromatic heterocycles. The Labute approximate surface area is 112 Å². The minimum absolute atomic E-state index is 0.200. The Kier molecular flexibility index (Phi) is 5.75. The van der Waals surface area contributed by atoms with E-state index >= 15 is 0 Å². The molecule has 6 nitrogen and oxygen atoms in total. The van der Waals surface area contributed by atoms with Gasteiger partial charge in [0.05, 0.1) is 0 Å². The lowest BCUT2D eigenvalue weighted by atomic mass is 10.3. The maximum Gasteiger partial charge on any atom is 0.422 e. The van der Waals surface area contributed by atoms with Gasteiger partial charge in [-0.05, 0) is 11.6 Å². The van der Waals surface area contributed by atoms with Crippen molar-refractivity contribution in [3.05, 3.63) is 30.1 Å². The molecule has 2 amide bonds. The topological polar surface area (TPSA) is 80.3 Å². The fraction of sp³-hybridized carbons (Fsp3) is 0.364. The van der Waals surface area contributed by atoms with Crippen LogP contribution in [0.4, 0.5) is 18.0 Å². The van der Waals surface area contributed by atoms with E-state index in [1.54, 1.807) is 24.5 Å². The van der Waals surface area contributed by atoms with E-state index in [-0.39, 0.29) is 6.54 Å². The largest absolute Gasteiger partial charge is 0.440 e. The van der Waals surface area contributed by atoms with Gasteiger partial charge in [-0.3, -0.25) is 9.78 Å². The van der Waals surface area contributed by atoms with Gasteiger partial charge in [0.15, 0.2) is 6.61 Å². The molecule has 1 aromatic rings. The molecule has 110 valence electrons. The van der Waals surface area contributed by atoms with Gasteiger partial charge in [0.25, 0.3) is 0 Å². The monoisotopic (exact) mass is 291 g/mol. The van der Waals surface area contributed by atoms with E-state index in [1.807, 2.05) is 5.32 Å². The van der Waals surface area contributed by atoms with Gasteiger partial charge in [-0.1, -0.05) is 6.07 Å². The molecule has 0 atom stereocenters. The lowest BCUT2D eigenvalue weighted by Gasteiger charge is -2.09. The second kappa shape index (κ2) is 7.31. The van der Waals surface area contributed by atoms with Gasteiger partial charge in [0.1, 0.15) is 6.54 Å². The average Bonchev–Trinajstić information content (AvgIpc) is 2.41. The fourth-order valence-electron chi connectivity index (χ4n) is 1.12. The molecule has 0 aliphatic heterocycles. The van der Waals surface area contributed by atoms with E-state index in [0.717, 1.165) is 5.56 Å². The van der Waals surface area contributed by atoms with E-state index in [2.05, 4.69) is 15.0 Å². The van der Waals surface area contributed by atoms with Crippen LogP contribution in [0.2, 0.25) is 0 Å². The van der Waals surface area contributed by atoms with Crippen molar-refractivity contribution in [2.24, 2.45) is 0 Å². The normalized spacial score (nSPS) is 10.8. The molecule has 1 heterocycles. The highest BCUT2D eigenvalue weighted by atomic mass is 19.4. The highest BCUT2D eigenvalue weighted by Crippen LogP contribution is 2.14. The Hall–Kier alpha value is -2.32. The van der Waals surface area contributed by atoms with Crippen LogP contribution in [-0.2, 0) is 16.1 Å². The molecule has 0 saturated carbocycles. The van der Waals surface area contributed by atoms with Crippen LogP contribution in [0.1, 0.15) is 5.56 Å². The second-order valence-corrected chi connectivity index (χ2v) is 3.68. The summed E-state index contributed by atoms with van der Waals surface area (Å²) in [6, 6.07) is 3.42. The van der Waals surface area contributed by atoms with Crippen LogP contribution in [0.15, 0.2) is 24.5 Å². The minimum Gasteiger partial charge on any atom is -0.440 e. The first-order valence-corrected chi connectivity index (χ1v) is 5.50. The quantitative estimate of drug-likeness (QED) is 0.847. The number of amides is 2. The zero-order chi connectivity index (χ0) is 15.0. The molecule has 9 heteroatoms. The highest BCUT2D eigenvalue weighted by Gasteiger charge is 2.29. The maximum atomic E-state index is 11.7. The van der Waals surface area contributed by atoms with Crippen molar-refractivity contribution in [3.63, 3.8) is 0 Å². The first-order chi connectivity index (χ1) is 9.37. The van der Waals surface area contributed by atoms with Crippen LogP contribution in [-0.4, -0.2) is 36.3 Å². The average molecular weight is 291 g/mol. The Morgan fingerprint density at radius 2 is 2.05 bits per heavy atom. The van der Waals surface area contributed by atoms with Gasteiger partial charge in [-0.15, -0.1) is 0 Å². The number of ether oxygens (including phenoxy) is 1. The van der Waals surface area contributed by atoms with E-state index in [0.29, 0.717) is 0 Å². The Balaban J connectivity index is 2.18. The number of carbonyl (C=O) groups excluding carboxylic acids is 2. The molecule has 2 N–H and O–H groups in total. The number of rotatable bonds is 5. The van der Waals surface area contributed by atoms with E-state index in [1.165, 1.54) is 0 Å². The molecule has 0 aliphatic rings. The number of pyridine rings is 1. The number of alkyl halides is 3. The minimum atomic E-state index is -4.60. The number of hydrogen-bond acceptors (Lipinski definition) is 4. The Morgan fingerprint density at radius 1 is 1.30 bits per heavy atom. The molecule has 0 fully saturated rings. The smallest absolute Gasteiger partial charge is 0.422 e. The number of nitrogens with one attached hydrogen (secondary N) is 2. The van der Waals surface area contributed by atoms with Gasteiger partial charge >= 0.3 is 12.3 Å². The molecule has 0 saturated heterocycles. The molecule has 0 aromatic carbocycles. The van der Waals surface area contributed by atoms with Gasteiger partial charge in [-0.2, -0.15) is 13.2 Å². The summed E-state index contributed by atoms with van der Waals surface area (Å²) < 4.78 is 39.1. The number of nitrogens with zero attached hydrogens (tertiary/aromatic N) is 1. The first-order valence-electron chi connectivity index (χ1n) is 5.50. The van der Waals surface area contributed by atoms with E-state index in [9.17, 15) is 22.8 Å². The van der Waals surface area contributed by atoms with Gasteiger partial charge in [0.2, 0.25) is 5.91 Å². The van der Waals surface area contributed by atoms with Crippen molar-refractivity contribution >= 4 is 12.0 Å². The summed E-state index contributed by atoms with van der Waals surface area (Å²) >= 11 is 0. The molecule has 0 aliphatic carbocycles. The van der Waals surface area contributed by atoms with Crippen LogP contribution in [0.25, 0.3) is 0 Å². The summed E-state index contributed by atoms with van der Waals surface area (Å²) in [5, 5.41) is 4.36. The molecule has 20 heavy (non-hydrogen) atoms. The standard InChI is InChI=1S/C11H12F3N3O3/c12-11(13,14)7-20-10(19)17-6-9(18)16-5-8-2-1-3-15-4-8/h1-4H,5-7H2,(H,16,18)(H,17,19). The number of carbonyl (C=O) groups is 2. The van der Waals surface area contributed by atoms with Crippen LogP contribution in [0.5, 0.6) is 0 Å². The van der Waals surface area contributed by atoms with E-state index < -0.39 is 31.3 Å². The molecule has 0 spiro atoms. The molecular weight excluding hydrogens is 279 g/mol. The van der Waals surface area contributed by atoms with Gasteiger partial charge < -0.3 is 15.4 Å². The zero-order valence-electron chi connectivity index (χ0n) is 10.2. The lowest BCUT2D eigenvalue weighted by molar-refractivity contribution is -0.160. The van der Waals surface area contributed by atoms with Crippen molar-refractivity contribution in [1.29, 1.82) is 0 Å². The van der Waals surface area contributed by atoms with Crippen LogP contribution in [0, 0.1) is 0 Å². The molecule has 0 radical (unpaired) electrons. The number of hydrogen-bond donors (Lipinski definition) is 2. The number of alkyl carbamates (subject to hydrolysis) is 1. The summed E-state index contributed by atoms with van der Waals surface area (Å²) in [6.45, 7) is -1.97. The molecule has 0 unspecified atom stereocenters. The second-order valence-electron chi connectivity index (χ2n) is 3.68. The maximum absolute atomic E-state index is 11.7. The van der Waals surface area contributed by atoms with E-state index in [4.69, 9.17) is 0 Å². The summed E-state index contributed by atoms with van der Waals surface area (Å²) in [5.41, 5.74) is 0.750. The molecular formula is C11H12F3N3O3. The number of aromatic nitrogens is 1. The third kappa shape index (κ3) is 7.19. The Morgan fingerprint density at radius 3 is 2.65 bits per heavy atom. The van der Waals surface area contributed by atoms with Gasteiger partial charge in [-0.25, -0.2) is 4.79 Å². The lowest BCUT2D eigenvalue weighted by Crippen LogP contribution is -2.37. The summed E-state index contributed by atoms with van der Waals surface area (Å²) in [6.07, 6.45) is -2.78. The summed E-state index contributed by atoms with van der Waals surface area (Å²) in [5.74, 6) is -0.558. The predicted molar refractivity (Wildman–Crippen MR) is 61.5 cm³/mol. The predicted octanol–water partition coefficient (Wildman–Crippen LogP) is 0.986. The summed E-state index contributed by atoms with van der Waals surface area (Å²) in [7, 11) is 0. The molecule has 1 rings (SSSR count). The zero-order valence-corrected chi connectivity index (χ0v) is 10.2.